The lowest BCUT2D eigenvalue weighted by atomic mass is 10.2. The van der Waals surface area contributed by atoms with Gasteiger partial charge in [-0.05, 0) is 56.4 Å². The minimum Gasteiger partial charge on any atom is -0.370 e. The van der Waals surface area contributed by atoms with Gasteiger partial charge in [-0.1, -0.05) is 12.1 Å². The monoisotopic (exact) mass is 470 g/mol. The fourth-order valence-electron chi connectivity index (χ4n) is 4.16. The topological polar surface area (TPSA) is 78.1 Å². The van der Waals surface area contributed by atoms with Gasteiger partial charge in [-0.2, -0.15) is 11.8 Å². The summed E-state index contributed by atoms with van der Waals surface area (Å²) in [6.45, 7) is 6.53. The smallest absolute Gasteiger partial charge is 0.259 e. The number of hydrogen-bond acceptors (Lipinski definition) is 6. The summed E-state index contributed by atoms with van der Waals surface area (Å²) in [6, 6.07) is 8.43. The molecule has 0 bridgehead atoms. The molecule has 0 atom stereocenters. The van der Waals surface area contributed by atoms with Gasteiger partial charge in [-0.15, -0.1) is 11.3 Å². The molecule has 1 aliphatic carbocycles. The fraction of sp³-hybridized carbons (Fsp3) is 0.458. The van der Waals surface area contributed by atoms with E-state index in [1.54, 1.807) is 23.1 Å². The van der Waals surface area contributed by atoms with Gasteiger partial charge in [-0.25, -0.2) is 4.98 Å². The lowest BCUT2D eigenvalue weighted by Crippen LogP contribution is -2.35. The summed E-state index contributed by atoms with van der Waals surface area (Å²) in [7, 11) is 0. The number of carbonyl (C=O) groups excluding carboxylic acids is 1. The van der Waals surface area contributed by atoms with Crippen LogP contribution in [0.15, 0.2) is 29.1 Å². The molecule has 2 N–H and O–H groups in total. The number of amides is 1. The van der Waals surface area contributed by atoms with Gasteiger partial charge in [0, 0.05) is 42.4 Å². The second kappa shape index (κ2) is 10.5. The number of hydrogen-bond donors (Lipinski definition) is 2. The van der Waals surface area contributed by atoms with Crippen LogP contribution in [-0.4, -0.2) is 41.3 Å². The van der Waals surface area contributed by atoms with E-state index in [4.69, 9.17) is 0 Å². The van der Waals surface area contributed by atoms with E-state index in [9.17, 15) is 9.59 Å². The number of benzene rings is 1. The number of H-pyrrole nitrogens is 1. The lowest BCUT2D eigenvalue weighted by Gasteiger charge is -2.23. The van der Waals surface area contributed by atoms with Crippen LogP contribution in [0.5, 0.6) is 0 Å². The Kier molecular flexibility index (Phi) is 7.52. The van der Waals surface area contributed by atoms with Gasteiger partial charge in [0.1, 0.15) is 10.7 Å². The molecule has 0 fully saturated rings. The van der Waals surface area contributed by atoms with Crippen molar-refractivity contribution in [2.45, 2.75) is 45.3 Å². The minimum atomic E-state index is -0.0168. The number of rotatable bonds is 10. The highest BCUT2D eigenvalue weighted by molar-refractivity contribution is 7.98. The van der Waals surface area contributed by atoms with Gasteiger partial charge in [0.05, 0.1) is 11.1 Å². The maximum absolute atomic E-state index is 12.5. The van der Waals surface area contributed by atoms with Crippen molar-refractivity contribution in [1.29, 1.82) is 0 Å². The Morgan fingerprint density at radius 2 is 2.22 bits per heavy atom. The number of likely N-dealkylation sites (N-methyl/N-ethyl adjacent to an activating group) is 1. The standard InChI is InChI=1S/C24H30N4O2S2/c1-3-28(17-7-4-6-16(2)14-17)12-11-25-21(29)10-13-31-15-20-26-23(30)22-18-8-5-9-19(18)32-24(22)27-20/h4,6-7,14H,3,5,8-13,15H2,1-2H3,(H,25,29)(H,26,27,30). The second-order valence-electron chi connectivity index (χ2n) is 8.12. The quantitative estimate of drug-likeness (QED) is 0.437. The van der Waals surface area contributed by atoms with Gasteiger partial charge in [0.15, 0.2) is 0 Å². The summed E-state index contributed by atoms with van der Waals surface area (Å²) in [5.74, 6) is 2.07. The van der Waals surface area contributed by atoms with E-state index in [0.717, 1.165) is 42.6 Å². The highest BCUT2D eigenvalue weighted by Gasteiger charge is 2.21. The van der Waals surface area contributed by atoms with Crippen LogP contribution in [-0.2, 0) is 23.4 Å². The molecule has 6 nitrogen and oxygen atoms in total. The first kappa shape index (κ1) is 22.9. The molecule has 170 valence electrons. The van der Waals surface area contributed by atoms with Gasteiger partial charge < -0.3 is 15.2 Å². The summed E-state index contributed by atoms with van der Waals surface area (Å²) < 4.78 is 0. The number of fused-ring (bicyclic) bond motifs is 3. The molecule has 3 aromatic rings. The summed E-state index contributed by atoms with van der Waals surface area (Å²) >= 11 is 3.29. The van der Waals surface area contributed by atoms with Crippen LogP contribution < -0.4 is 15.8 Å². The highest BCUT2D eigenvalue weighted by Crippen LogP contribution is 2.34. The molecule has 1 amide bonds. The number of aromatic nitrogens is 2. The van der Waals surface area contributed by atoms with Gasteiger partial charge in [0.2, 0.25) is 5.91 Å². The average molecular weight is 471 g/mol. The van der Waals surface area contributed by atoms with E-state index in [2.05, 4.69) is 58.3 Å². The third kappa shape index (κ3) is 5.35. The first-order valence-corrected chi connectivity index (χ1v) is 13.2. The summed E-state index contributed by atoms with van der Waals surface area (Å²) in [6.07, 6.45) is 3.65. The Hall–Kier alpha value is -2.32. The predicted molar refractivity (Wildman–Crippen MR) is 135 cm³/mol. The Morgan fingerprint density at radius 1 is 1.34 bits per heavy atom. The van der Waals surface area contributed by atoms with Crippen molar-refractivity contribution in [2.24, 2.45) is 0 Å². The van der Waals surface area contributed by atoms with Crippen molar-refractivity contribution in [3.8, 4) is 0 Å². The van der Waals surface area contributed by atoms with Gasteiger partial charge >= 0.3 is 0 Å². The van der Waals surface area contributed by atoms with Crippen LogP contribution in [0.2, 0.25) is 0 Å². The first-order valence-electron chi connectivity index (χ1n) is 11.2. The molecule has 0 aliphatic heterocycles. The Bertz CT molecular complexity index is 1150. The zero-order chi connectivity index (χ0) is 22.5. The third-order valence-corrected chi connectivity index (χ3v) is 7.94. The molecule has 0 radical (unpaired) electrons. The lowest BCUT2D eigenvalue weighted by molar-refractivity contribution is -0.120. The molecule has 4 rings (SSSR count). The Balaban J connectivity index is 1.19. The van der Waals surface area contributed by atoms with Crippen LogP contribution in [0.3, 0.4) is 0 Å². The van der Waals surface area contributed by atoms with Crippen molar-refractivity contribution in [2.75, 3.05) is 30.3 Å². The fourth-order valence-corrected chi connectivity index (χ4v) is 6.25. The molecule has 0 saturated heterocycles. The molecule has 1 aromatic carbocycles. The molecule has 1 aliphatic rings. The number of nitrogens with one attached hydrogen (secondary N) is 2. The van der Waals surface area contributed by atoms with E-state index >= 15 is 0 Å². The summed E-state index contributed by atoms with van der Waals surface area (Å²) in [5, 5.41) is 3.81. The van der Waals surface area contributed by atoms with Crippen molar-refractivity contribution in [3.05, 3.63) is 56.4 Å². The maximum atomic E-state index is 12.5. The van der Waals surface area contributed by atoms with Crippen LogP contribution >= 0.6 is 23.1 Å². The molecular formula is C24H30N4O2S2. The normalized spacial score (nSPS) is 12.8. The predicted octanol–water partition coefficient (Wildman–Crippen LogP) is 4.05. The average Bonchev–Trinajstić information content (AvgIpc) is 3.35. The second-order valence-corrected chi connectivity index (χ2v) is 10.3. The van der Waals surface area contributed by atoms with E-state index in [1.807, 2.05) is 0 Å². The Morgan fingerprint density at radius 3 is 3.03 bits per heavy atom. The molecule has 32 heavy (non-hydrogen) atoms. The number of aryl methyl sites for hydroxylation is 3. The molecule has 0 spiro atoms. The van der Waals surface area contributed by atoms with Gasteiger partial charge in [-0.3, -0.25) is 9.59 Å². The van der Waals surface area contributed by atoms with E-state index in [-0.39, 0.29) is 11.5 Å². The number of anilines is 1. The number of thioether (sulfide) groups is 1. The largest absolute Gasteiger partial charge is 0.370 e. The summed E-state index contributed by atoms with van der Waals surface area (Å²) in [4.78, 5) is 36.8. The highest BCUT2D eigenvalue weighted by atomic mass is 32.2. The zero-order valence-corrected chi connectivity index (χ0v) is 20.3. The molecule has 8 heteroatoms. The molecule has 2 aromatic heterocycles. The first-order chi connectivity index (χ1) is 15.5. The number of carbonyl (C=O) groups is 1. The molecule has 2 heterocycles. The van der Waals surface area contributed by atoms with Crippen molar-refractivity contribution < 1.29 is 4.79 Å². The third-order valence-electron chi connectivity index (χ3n) is 5.79. The van der Waals surface area contributed by atoms with Crippen molar-refractivity contribution >= 4 is 44.9 Å². The zero-order valence-electron chi connectivity index (χ0n) is 18.7. The maximum Gasteiger partial charge on any atom is 0.259 e. The number of thiophene rings is 1. The molecule has 0 unspecified atom stereocenters. The molecule has 0 saturated carbocycles. The number of aromatic amines is 1. The SMILES string of the molecule is CCN(CCNC(=O)CCSCc1nc2sc3c(c2c(=O)[nH]1)CCC3)c1cccc(C)c1. The van der Waals surface area contributed by atoms with E-state index < -0.39 is 0 Å². The van der Waals surface area contributed by atoms with Gasteiger partial charge in [0.25, 0.3) is 5.56 Å². The van der Waals surface area contributed by atoms with Crippen molar-refractivity contribution in [1.82, 2.24) is 15.3 Å². The van der Waals surface area contributed by atoms with Crippen LogP contribution in [0, 0.1) is 6.92 Å². The summed E-state index contributed by atoms with van der Waals surface area (Å²) in [5.41, 5.74) is 3.61. The number of nitrogens with zero attached hydrogens (tertiary/aromatic N) is 2. The molecular weight excluding hydrogens is 440 g/mol. The minimum absolute atomic E-state index is 0.0168. The van der Waals surface area contributed by atoms with Crippen LogP contribution in [0.1, 0.15) is 41.6 Å². The van der Waals surface area contributed by atoms with E-state index in [0.29, 0.717) is 30.3 Å². The Labute approximate surface area is 196 Å². The van der Waals surface area contributed by atoms with Crippen LogP contribution in [0.25, 0.3) is 10.2 Å². The van der Waals surface area contributed by atoms with Crippen molar-refractivity contribution in [3.63, 3.8) is 0 Å². The van der Waals surface area contributed by atoms with Crippen LogP contribution in [0.4, 0.5) is 5.69 Å². The van der Waals surface area contributed by atoms with E-state index in [1.165, 1.54) is 21.7 Å².